The summed E-state index contributed by atoms with van der Waals surface area (Å²) in [5.41, 5.74) is 3.27. The molecule has 0 bridgehead atoms. The van der Waals surface area contributed by atoms with Gasteiger partial charge >= 0.3 is 0 Å². The lowest BCUT2D eigenvalue weighted by Crippen LogP contribution is -2.48. The molecule has 33 heavy (non-hydrogen) atoms. The van der Waals surface area contributed by atoms with E-state index in [0.29, 0.717) is 37.1 Å². The van der Waals surface area contributed by atoms with E-state index < -0.39 is 0 Å². The zero-order chi connectivity index (χ0) is 22.8. The Hall–Kier alpha value is -2.67. The van der Waals surface area contributed by atoms with Crippen molar-refractivity contribution in [3.63, 3.8) is 0 Å². The van der Waals surface area contributed by atoms with Gasteiger partial charge < -0.3 is 14.7 Å². The number of piperidine rings is 2. The lowest BCUT2D eigenvalue weighted by atomic mass is 9.99. The summed E-state index contributed by atoms with van der Waals surface area (Å²) >= 11 is 0. The lowest BCUT2D eigenvalue weighted by molar-refractivity contribution is 0.0584. The molecule has 1 aromatic carbocycles. The first kappa shape index (κ1) is 22.1. The number of hydrogen-bond acceptors (Lipinski definition) is 4. The quantitative estimate of drug-likeness (QED) is 0.718. The molecule has 0 N–H and O–H groups in total. The molecular weight excluding hydrogens is 414 g/mol. The zero-order valence-electron chi connectivity index (χ0n) is 19.7. The summed E-state index contributed by atoms with van der Waals surface area (Å²) in [5, 5.41) is 4.57. The molecule has 2 fully saturated rings. The van der Waals surface area contributed by atoms with Crippen molar-refractivity contribution in [2.45, 2.75) is 64.6 Å². The number of aryl methyl sites for hydroxylation is 2. The summed E-state index contributed by atoms with van der Waals surface area (Å²) < 4.78 is 1.74. The smallest absolute Gasteiger partial charge is 0.274 e. The number of carbonyl (C=O) groups excluding carboxylic acids is 2. The molecule has 4 heterocycles. The minimum Gasteiger partial charge on any atom is -0.337 e. The van der Waals surface area contributed by atoms with Crippen molar-refractivity contribution < 1.29 is 9.59 Å². The van der Waals surface area contributed by atoms with Crippen LogP contribution in [0.2, 0.25) is 0 Å². The van der Waals surface area contributed by atoms with Gasteiger partial charge in [0, 0.05) is 44.8 Å². The third-order valence-electron chi connectivity index (χ3n) is 7.46. The predicted molar refractivity (Wildman–Crippen MR) is 127 cm³/mol. The molecule has 5 rings (SSSR count). The second kappa shape index (κ2) is 9.67. The van der Waals surface area contributed by atoms with Crippen LogP contribution in [0.5, 0.6) is 0 Å². The van der Waals surface area contributed by atoms with Crippen molar-refractivity contribution in [3.8, 4) is 0 Å². The number of amides is 2. The summed E-state index contributed by atoms with van der Waals surface area (Å²) in [4.78, 5) is 32.9. The first-order chi connectivity index (χ1) is 16.1. The number of likely N-dealkylation sites (tertiary alicyclic amines) is 2. The number of nitrogens with zero attached hydrogens (tertiary/aromatic N) is 5. The highest BCUT2D eigenvalue weighted by Gasteiger charge is 2.31. The van der Waals surface area contributed by atoms with Gasteiger partial charge in [0.25, 0.3) is 11.8 Å². The molecule has 0 saturated carbocycles. The highest BCUT2D eigenvalue weighted by atomic mass is 16.2. The predicted octanol–water partition coefficient (Wildman–Crippen LogP) is 3.33. The number of hydrogen-bond donors (Lipinski definition) is 0. The van der Waals surface area contributed by atoms with E-state index in [-0.39, 0.29) is 11.8 Å². The van der Waals surface area contributed by atoms with Crippen LogP contribution in [0, 0.1) is 6.92 Å². The van der Waals surface area contributed by atoms with E-state index in [1.54, 1.807) is 10.7 Å². The Bertz CT molecular complexity index is 985. The Morgan fingerprint density at radius 2 is 1.67 bits per heavy atom. The lowest BCUT2D eigenvalue weighted by Gasteiger charge is -2.40. The van der Waals surface area contributed by atoms with Gasteiger partial charge in [0.15, 0.2) is 5.69 Å². The molecule has 7 nitrogen and oxygen atoms in total. The Labute approximate surface area is 196 Å². The van der Waals surface area contributed by atoms with Gasteiger partial charge in [-0.05, 0) is 57.7 Å². The zero-order valence-corrected chi connectivity index (χ0v) is 19.7. The summed E-state index contributed by atoms with van der Waals surface area (Å²) in [7, 11) is 0. The van der Waals surface area contributed by atoms with Crippen LogP contribution >= 0.6 is 0 Å². The molecule has 1 aromatic heterocycles. The van der Waals surface area contributed by atoms with Gasteiger partial charge in [-0.1, -0.05) is 36.2 Å². The van der Waals surface area contributed by atoms with E-state index in [2.05, 4.69) is 41.2 Å². The van der Waals surface area contributed by atoms with Crippen molar-refractivity contribution in [2.24, 2.45) is 0 Å². The molecule has 2 saturated heterocycles. The number of rotatable bonds is 4. The average Bonchev–Trinajstić information content (AvgIpc) is 3.23. The summed E-state index contributed by atoms with van der Waals surface area (Å²) in [5.74, 6) is -0.0750. The van der Waals surface area contributed by atoms with Crippen molar-refractivity contribution in [3.05, 3.63) is 52.8 Å². The van der Waals surface area contributed by atoms with Crippen LogP contribution < -0.4 is 0 Å². The summed E-state index contributed by atoms with van der Waals surface area (Å²) in [6.45, 7) is 7.96. The molecule has 3 aliphatic rings. The standard InChI is InChI=1S/C26H35N5O2/c1-20-6-8-21(9-7-20)19-30-14-5-15-31-24(26(30)33)18-23(27-31)25(32)29-16-10-22(11-17-29)28-12-3-2-4-13-28/h6-9,18,22H,2-5,10-17,19H2,1H3. The van der Waals surface area contributed by atoms with E-state index in [0.717, 1.165) is 37.9 Å². The molecule has 2 aromatic rings. The Morgan fingerprint density at radius 1 is 0.939 bits per heavy atom. The highest BCUT2D eigenvalue weighted by molar-refractivity contribution is 5.98. The van der Waals surface area contributed by atoms with Gasteiger partial charge in [-0.2, -0.15) is 5.10 Å². The van der Waals surface area contributed by atoms with E-state index >= 15 is 0 Å². The number of benzene rings is 1. The SMILES string of the molecule is Cc1ccc(CN2CCCn3nc(C(=O)N4CCC(N5CCCCC5)CC4)cc3C2=O)cc1. The molecule has 0 aliphatic carbocycles. The van der Waals surface area contributed by atoms with Crippen LogP contribution in [-0.2, 0) is 13.1 Å². The third-order valence-corrected chi connectivity index (χ3v) is 7.46. The molecule has 0 radical (unpaired) electrons. The van der Waals surface area contributed by atoms with Crippen molar-refractivity contribution in [1.29, 1.82) is 0 Å². The Kier molecular flexibility index (Phi) is 6.49. The van der Waals surface area contributed by atoms with Crippen molar-refractivity contribution >= 4 is 11.8 Å². The molecule has 176 valence electrons. The van der Waals surface area contributed by atoms with E-state index in [1.165, 1.54) is 37.9 Å². The van der Waals surface area contributed by atoms with Crippen LogP contribution in [0.15, 0.2) is 30.3 Å². The minimum absolute atomic E-state index is 0.0365. The highest BCUT2D eigenvalue weighted by Crippen LogP contribution is 2.23. The van der Waals surface area contributed by atoms with Crippen molar-refractivity contribution in [2.75, 3.05) is 32.7 Å². The molecule has 0 spiro atoms. The first-order valence-electron chi connectivity index (χ1n) is 12.5. The van der Waals surface area contributed by atoms with Gasteiger partial charge in [0.1, 0.15) is 5.69 Å². The van der Waals surface area contributed by atoms with Gasteiger partial charge in [0.05, 0.1) is 0 Å². The van der Waals surface area contributed by atoms with Gasteiger partial charge in [0.2, 0.25) is 0 Å². The van der Waals surface area contributed by atoms with Crippen LogP contribution in [0.1, 0.15) is 70.6 Å². The maximum atomic E-state index is 13.3. The first-order valence-corrected chi connectivity index (χ1v) is 12.5. The fourth-order valence-electron chi connectivity index (χ4n) is 5.48. The second-order valence-corrected chi connectivity index (χ2v) is 9.82. The number of aromatic nitrogens is 2. The van der Waals surface area contributed by atoms with E-state index in [4.69, 9.17) is 0 Å². The fourth-order valence-corrected chi connectivity index (χ4v) is 5.48. The number of fused-ring (bicyclic) bond motifs is 1. The Morgan fingerprint density at radius 3 is 2.39 bits per heavy atom. The van der Waals surface area contributed by atoms with E-state index in [1.807, 2.05) is 9.80 Å². The van der Waals surface area contributed by atoms with E-state index in [9.17, 15) is 9.59 Å². The molecular formula is C26H35N5O2. The van der Waals surface area contributed by atoms with Crippen LogP contribution in [0.3, 0.4) is 0 Å². The fraction of sp³-hybridized carbons (Fsp3) is 0.577. The Balaban J connectivity index is 1.24. The molecule has 7 heteroatoms. The molecule has 3 aliphatic heterocycles. The topological polar surface area (TPSA) is 61.7 Å². The van der Waals surface area contributed by atoms with Gasteiger partial charge in [-0.15, -0.1) is 0 Å². The number of carbonyl (C=O) groups is 2. The monoisotopic (exact) mass is 449 g/mol. The van der Waals surface area contributed by atoms with Gasteiger partial charge in [-0.25, -0.2) is 0 Å². The van der Waals surface area contributed by atoms with Crippen LogP contribution in [0.25, 0.3) is 0 Å². The second-order valence-electron chi connectivity index (χ2n) is 9.82. The summed E-state index contributed by atoms with van der Waals surface area (Å²) in [6, 6.07) is 10.6. The average molecular weight is 450 g/mol. The van der Waals surface area contributed by atoms with Crippen molar-refractivity contribution in [1.82, 2.24) is 24.5 Å². The largest absolute Gasteiger partial charge is 0.337 e. The van der Waals surface area contributed by atoms with Gasteiger partial charge in [-0.3, -0.25) is 14.3 Å². The molecule has 0 atom stereocenters. The van der Waals surface area contributed by atoms with Crippen LogP contribution in [0.4, 0.5) is 0 Å². The third kappa shape index (κ3) is 4.83. The van der Waals surface area contributed by atoms with Crippen LogP contribution in [-0.4, -0.2) is 75.1 Å². The molecule has 0 unspecified atom stereocenters. The summed E-state index contributed by atoms with van der Waals surface area (Å²) in [6.07, 6.45) is 6.84. The minimum atomic E-state index is -0.0385. The maximum absolute atomic E-state index is 13.3. The maximum Gasteiger partial charge on any atom is 0.274 e. The molecule has 2 amide bonds. The normalized spacial score (nSPS) is 20.6.